The normalized spacial score (nSPS) is 9.27. The highest BCUT2D eigenvalue weighted by molar-refractivity contribution is 5.42. The van der Waals surface area contributed by atoms with Crippen LogP contribution in [0.2, 0.25) is 0 Å². The molecular weight excluding hydrogens is 270 g/mol. The Morgan fingerprint density at radius 1 is 0.545 bits per heavy atom. The average molecular weight is 316 g/mol. The lowest BCUT2D eigenvalue weighted by atomic mass is 10.0. The molecule has 0 bridgehead atoms. The Bertz CT molecular complexity index is 146. The minimum absolute atomic E-state index is 0.250. The van der Waals surface area contributed by atoms with Gasteiger partial charge in [0.25, 0.3) is 0 Å². The van der Waals surface area contributed by atoms with Crippen LogP contribution in [0.25, 0.3) is 0 Å². The molecule has 136 valence electrons. The number of nitrogens with two attached hydrogens (primary N) is 1. The van der Waals surface area contributed by atoms with Crippen molar-refractivity contribution in [3.8, 4) is 0 Å². The minimum atomic E-state index is 0.250. The van der Waals surface area contributed by atoms with Gasteiger partial charge in [0.2, 0.25) is 6.41 Å². The molecule has 0 rings (SSSR count). The zero-order chi connectivity index (χ0) is 17.3. The first-order valence-corrected chi connectivity index (χ1v) is 9.90. The number of amides is 1. The summed E-state index contributed by atoms with van der Waals surface area (Å²) in [5.74, 6) is 0. The Morgan fingerprint density at radius 2 is 0.682 bits per heavy atom. The molecule has 0 unspecified atom stereocenters. The molecule has 0 radical (unpaired) electrons. The summed E-state index contributed by atoms with van der Waals surface area (Å²) in [6.07, 6.45) is 21.9. The Balaban J connectivity index is -0.000000515. The maximum atomic E-state index is 8.58. The van der Waals surface area contributed by atoms with E-state index in [1.807, 2.05) is 0 Å². The molecule has 0 heterocycles. The van der Waals surface area contributed by atoms with E-state index in [2.05, 4.69) is 33.4 Å². The predicted molar refractivity (Wildman–Crippen MR) is 102 cm³/mol. The topological polar surface area (TPSA) is 43.1 Å². The van der Waals surface area contributed by atoms with Crippen LogP contribution in [0.4, 0.5) is 0 Å². The maximum Gasteiger partial charge on any atom is 0.204 e. The lowest BCUT2D eigenvalue weighted by molar-refractivity contribution is -0.106. The minimum Gasteiger partial charge on any atom is -0.372 e. The van der Waals surface area contributed by atoms with Gasteiger partial charge in [-0.15, -0.1) is 0 Å². The molecule has 0 saturated heterocycles. The molecule has 0 aromatic heterocycles. The fourth-order valence-corrected chi connectivity index (χ4v) is 2.27. The Hall–Kier alpha value is -0.530. The number of unbranched alkanes of at least 4 members (excludes halogenated alkanes) is 13. The molecule has 0 fully saturated rings. The third-order valence-corrected chi connectivity index (χ3v) is 3.46. The molecular formula is C20H45NO. The van der Waals surface area contributed by atoms with Crippen molar-refractivity contribution >= 4 is 6.41 Å². The van der Waals surface area contributed by atoms with Crippen molar-refractivity contribution in [2.24, 2.45) is 5.73 Å². The van der Waals surface area contributed by atoms with Crippen molar-refractivity contribution in [1.29, 1.82) is 0 Å². The zero-order valence-corrected chi connectivity index (χ0v) is 16.2. The fourth-order valence-electron chi connectivity index (χ4n) is 2.27. The summed E-state index contributed by atoms with van der Waals surface area (Å²) >= 11 is 0. The van der Waals surface area contributed by atoms with Crippen molar-refractivity contribution in [1.82, 2.24) is 0 Å². The largest absolute Gasteiger partial charge is 0.372 e. The molecule has 0 aromatic carbocycles. The summed E-state index contributed by atoms with van der Waals surface area (Å²) in [5.41, 5.74) is 4.17. The summed E-state index contributed by atoms with van der Waals surface area (Å²) in [7, 11) is 0. The first-order valence-electron chi connectivity index (χ1n) is 9.90. The SMILES string of the molecule is CCC.CCCCCCCCCCCCCCCC.NC=O. The third kappa shape index (κ3) is 42.7. The van der Waals surface area contributed by atoms with E-state index >= 15 is 0 Å². The molecule has 0 spiro atoms. The molecule has 0 atom stereocenters. The van der Waals surface area contributed by atoms with Gasteiger partial charge in [-0.3, -0.25) is 4.79 Å². The summed E-state index contributed by atoms with van der Waals surface area (Å²) in [6.45, 7) is 8.83. The van der Waals surface area contributed by atoms with Crippen LogP contribution in [0.15, 0.2) is 0 Å². The second-order valence-corrected chi connectivity index (χ2v) is 6.09. The summed E-state index contributed by atoms with van der Waals surface area (Å²) in [6, 6.07) is 0. The van der Waals surface area contributed by atoms with E-state index in [4.69, 9.17) is 4.79 Å². The molecule has 2 N–H and O–H groups in total. The van der Waals surface area contributed by atoms with E-state index in [1.54, 1.807) is 0 Å². The van der Waals surface area contributed by atoms with Crippen molar-refractivity contribution in [3.05, 3.63) is 0 Å². The Labute approximate surface area is 141 Å². The molecule has 0 aromatic rings. The molecule has 2 heteroatoms. The average Bonchev–Trinajstić information content (AvgIpc) is 2.50. The van der Waals surface area contributed by atoms with Gasteiger partial charge in [-0.2, -0.15) is 0 Å². The molecule has 0 aliphatic heterocycles. The van der Waals surface area contributed by atoms with E-state index in [0.29, 0.717) is 0 Å². The standard InChI is InChI=1S/C16H34.C3H8.CH3NO/c1-3-5-7-9-11-13-15-16-14-12-10-8-6-4-2;1-3-2;2-1-3/h3-16H2,1-2H3;3H2,1-2H3;1H,(H2,2,3). The molecule has 22 heavy (non-hydrogen) atoms. The van der Waals surface area contributed by atoms with Gasteiger partial charge >= 0.3 is 0 Å². The van der Waals surface area contributed by atoms with Crippen LogP contribution in [0.5, 0.6) is 0 Å². The van der Waals surface area contributed by atoms with Gasteiger partial charge in [0.15, 0.2) is 0 Å². The predicted octanol–water partition coefficient (Wildman–Crippen LogP) is 7.01. The smallest absolute Gasteiger partial charge is 0.204 e. The van der Waals surface area contributed by atoms with Gasteiger partial charge < -0.3 is 5.73 Å². The molecule has 0 saturated carbocycles. The van der Waals surface area contributed by atoms with Gasteiger partial charge in [-0.1, -0.05) is 124 Å². The number of carbonyl (C=O) groups excluding carboxylic acids is 1. The molecule has 1 amide bonds. The highest BCUT2D eigenvalue weighted by atomic mass is 16.1. The third-order valence-electron chi connectivity index (χ3n) is 3.46. The van der Waals surface area contributed by atoms with Gasteiger partial charge in [0, 0.05) is 0 Å². The lowest BCUT2D eigenvalue weighted by Gasteiger charge is -2.02. The molecule has 0 aliphatic carbocycles. The van der Waals surface area contributed by atoms with Crippen LogP contribution in [-0.2, 0) is 4.79 Å². The van der Waals surface area contributed by atoms with Crippen LogP contribution in [0.1, 0.15) is 124 Å². The van der Waals surface area contributed by atoms with Crippen molar-refractivity contribution in [2.45, 2.75) is 124 Å². The first kappa shape index (κ1) is 26.4. The highest BCUT2D eigenvalue weighted by Crippen LogP contribution is 2.12. The van der Waals surface area contributed by atoms with Crippen LogP contribution < -0.4 is 5.73 Å². The highest BCUT2D eigenvalue weighted by Gasteiger charge is 1.92. The van der Waals surface area contributed by atoms with Crippen molar-refractivity contribution in [2.75, 3.05) is 0 Å². The summed E-state index contributed by atoms with van der Waals surface area (Å²) < 4.78 is 0. The van der Waals surface area contributed by atoms with E-state index in [0.717, 1.165) is 0 Å². The Morgan fingerprint density at radius 3 is 0.818 bits per heavy atom. The van der Waals surface area contributed by atoms with Crippen LogP contribution in [-0.4, -0.2) is 6.41 Å². The van der Waals surface area contributed by atoms with Gasteiger partial charge in [-0.25, -0.2) is 0 Å². The van der Waals surface area contributed by atoms with E-state index in [-0.39, 0.29) is 6.41 Å². The summed E-state index contributed by atoms with van der Waals surface area (Å²) in [4.78, 5) is 8.58. The second kappa shape index (κ2) is 32.4. The van der Waals surface area contributed by atoms with Crippen LogP contribution in [0, 0.1) is 0 Å². The number of rotatable bonds is 13. The Kier molecular flexibility index (Phi) is 38.9. The zero-order valence-electron chi connectivity index (χ0n) is 16.2. The molecule has 0 aliphatic rings. The van der Waals surface area contributed by atoms with E-state index in [9.17, 15) is 0 Å². The van der Waals surface area contributed by atoms with Crippen LogP contribution in [0.3, 0.4) is 0 Å². The van der Waals surface area contributed by atoms with Gasteiger partial charge in [0.1, 0.15) is 0 Å². The van der Waals surface area contributed by atoms with Crippen molar-refractivity contribution in [3.63, 3.8) is 0 Å². The summed E-state index contributed by atoms with van der Waals surface area (Å²) in [5, 5.41) is 0. The van der Waals surface area contributed by atoms with Crippen LogP contribution >= 0.6 is 0 Å². The number of primary amides is 1. The number of hydrogen-bond acceptors (Lipinski definition) is 1. The monoisotopic (exact) mass is 315 g/mol. The van der Waals surface area contributed by atoms with Gasteiger partial charge in [-0.05, 0) is 0 Å². The number of hydrogen-bond donors (Lipinski definition) is 1. The quantitative estimate of drug-likeness (QED) is 0.288. The number of carbonyl (C=O) groups is 1. The van der Waals surface area contributed by atoms with Gasteiger partial charge in [0.05, 0.1) is 0 Å². The first-order chi connectivity index (χ1) is 10.7. The van der Waals surface area contributed by atoms with E-state index in [1.165, 1.54) is 96.3 Å². The molecule has 2 nitrogen and oxygen atoms in total. The fraction of sp³-hybridized carbons (Fsp3) is 0.950. The maximum absolute atomic E-state index is 8.58. The van der Waals surface area contributed by atoms with E-state index < -0.39 is 0 Å². The lowest BCUT2D eigenvalue weighted by Crippen LogP contribution is -1.82. The second-order valence-electron chi connectivity index (χ2n) is 6.09. The van der Waals surface area contributed by atoms with Crippen molar-refractivity contribution < 1.29 is 4.79 Å².